The Bertz CT molecular complexity index is 679. The van der Waals surface area contributed by atoms with Crippen molar-refractivity contribution in [2.45, 2.75) is 4.90 Å². The largest absolute Gasteiger partial charge is 0.398 e. The highest BCUT2D eigenvalue weighted by Crippen LogP contribution is 2.32. The number of carbonyl (C=O) groups excluding carboxylic acids is 1. The van der Waals surface area contributed by atoms with Gasteiger partial charge in [0.1, 0.15) is 0 Å². The fourth-order valence-corrected chi connectivity index (χ4v) is 2.92. The van der Waals surface area contributed by atoms with Gasteiger partial charge in [-0.05, 0) is 24.3 Å². The number of nitrogens with one attached hydrogen (secondary N) is 1. The van der Waals surface area contributed by atoms with Crippen LogP contribution in [0.15, 0.2) is 41.3 Å². The van der Waals surface area contributed by atoms with Gasteiger partial charge in [0.15, 0.2) is 0 Å². The van der Waals surface area contributed by atoms with Crippen LogP contribution >= 0.6 is 46.6 Å². The molecule has 0 radical (unpaired) electrons. The summed E-state index contributed by atoms with van der Waals surface area (Å²) in [5.74, 6) is 0.00803. The lowest BCUT2D eigenvalue weighted by Gasteiger charge is -2.09. The molecule has 110 valence electrons. The quantitative estimate of drug-likeness (QED) is 0.460. The number of hydrogen-bond acceptors (Lipinski definition) is 3. The van der Waals surface area contributed by atoms with E-state index in [2.05, 4.69) is 5.32 Å². The van der Waals surface area contributed by atoms with Gasteiger partial charge >= 0.3 is 0 Å². The van der Waals surface area contributed by atoms with Crippen LogP contribution in [-0.2, 0) is 4.79 Å². The molecule has 2 rings (SSSR count). The number of anilines is 2. The normalized spacial score (nSPS) is 10.4. The van der Waals surface area contributed by atoms with Gasteiger partial charge in [0.25, 0.3) is 0 Å². The molecule has 0 aliphatic carbocycles. The number of nitrogens with two attached hydrogens (primary N) is 1. The highest BCUT2D eigenvalue weighted by molar-refractivity contribution is 8.00. The molecule has 21 heavy (non-hydrogen) atoms. The fraction of sp³-hybridized carbons (Fsp3) is 0.0714. The second-order valence-corrected chi connectivity index (χ2v) is 6.36. The van der Waals surface area contributed by atoms with E-state index in [1.54, 1.807) is 6.07 Å². The average Bonchev–Trinajstić information content (AvgIpc) is 2.44. The van der Waals surface area contributed by atoms with Gasteiger partial charge in [-0.3, -0.25) is 4.79 Å². The molecule has 7 heteroatoms. The van der Waals surface area contributed by atoms with Crippen molar-refractivity contribution in [3.63, 3.8) is 0 Å². The Kier molecular flexibility index (Phi) is 5.65. The van der Waals surface area contributed by atoms with E-state index in [1.807, 2.05) is 18.2 Å². The molecule has 0 aliphatic heterocycles. The third-order valence-corrected chi connectivity index (χ3v) is 4.69. The molecular weight excluding hydrogens is 351 g/mol. The van der Waals surface area contributed by atoms with E-state index in [0.29, 0.717) is 26.4 Å². The third kappa shape index (κ3) is 4.45. The SMILES string of the molecule is Nc1ccccc1SCC(=O)Nc1cc(Cl)c(Cl)cc1Cl. The van der Waals surface area contributed by atoms with Crippen molar-refractivity contribution in [3.05, 3.63) is 51.5 Å². The average molecular weight is 362 g/mol. The standard InChI is InChI=1S/C14H11Cl3N2OS/c15-8-5-10(17)12(6-9(8)16)19-14(20)7-21-13-4-2-1-3-11(13)18/h1-6H,7,18H2,(H,19,20). The first-order valence-electron chi connectivity index (χ1n) is 5.89. The van der Waals surface area contributed by atoms with Crippen LogP contribution in [0.3, 0.4) is 0 Å². The molecular formula is C14H11Cl3N2OS. The Morgan fingerprint density at radius 1 is 1.10 bits per heavy atom. The summed E-state index contributed by atoms with van der Waals surface area (Å²) in [4.78, 5) is 12.8. The van der Waals surface area contributed by atoms with Gasteiger partial charge in [0.2, 0.25) is 5.91 Å². The topological polar surface area (TPSA) is 55.1 Å². The number of amides is 1. The van der Waals surface area contributed by atoms with Crippen molar-refractivity contribution in [2.24, 2.45) is 0 Å². The predicted molar refractivity (Wildman–Crippen MR) is 91.7 cm³/mol. The lowest BCUT2D eigenvalue weighted by atomic mass is 10.3. The molecule has 3 N–H and O–H groups in total. The lowest BCUT2D eigenvalue weighted by Crippen LogP contribution is -2.14. The molecule has 0 saturated carbocycles. The maximum atomic E-state index is 11.9. The van der Waals surface area contributed by atoms with Gasteiger partial charge in [-0.15, -0.1) is 11.8 Å². The minimum absolute atomic E-state index is 0.205. The number of halogens is 3. The van der Waals surface area contributed by atoms with Gasteiger partial charge in [0.05, 0.1) is 26.5 Å². The highest BCUT2D eigenvalue weighted by atomic mass is 35.5. The number of carbonyl (C=O) groups is 1. The van der Waals surface area contributed by atoms with Crippen LogP contribution in [0.1, 0.15) is 0 Å². The molecule has 0 heterocycles. The van der Waals surface area contributed by atoms with Crippen LogP contribution in [-0.4, -0.2) is 11.7 Å². The van der Waals surface area contributed by atoms with Crippen LogP contribution in [0.4, 0.5) is 11.4 Å². The summed E-state index contributed by atoms with van der Waals surface area (Å²) < 4.78 is 0. The van der Waals surface area contributed by atoms with Gasteiger partial charge < -0.3 is 11.1 Å². The van der Waals surface area contributed by atoms with Crippen molar-refractivity contribution < 1.29 is 4.79 Å². The van der Waals surface area contributed by atoms with Crippen LogP contribution < -0.4 is 11.1 Å². The zero-order valence-corrected chi connectivity index (χ0v) is 13.8. The smallest absolute Gasteiger partial charge is 0.234 e. The Hall–Kier alpha value is -1.07. The molecule has 1 amide bonds. The number of para-hydroxylation sites is 1. The summed E-state index contributed by atoms with van der Waals surface area (Å²) in [5.41, 5.74) is 6.88. The van der Waals surface area contributed by atoms with Crippen LogP contribution in [0.2, 0.25) is 15.1 Å². The molecule has 3 nitrogen and oxygen atoms in total. The van der Waals surface area contributed by atoms with Crippen LogP contribution in [0.5, 0.6) is 0 Å². The first kappa shape index (κ1) is 16.3. The second-order valence-electron chi connectivity index (χ2n) is 4.12. The second kappa shape index (κ2) is 7.27. The van der Waals surface area contributed by atoms with Crippen molar-refractivity contribution in [2.75, 3.05) is 16.8 Å². The summed E-state index contributed by atoms with van der Waals surface area (Å²) in [6.07, 6.45) is 0. The fourth-order valence-electron chi connectivity index (χ4n) is 1.56. The van der Waals surface area contributed by atoms with Crippen molar-refractivity contribution in [1.29, 1.82) is 0 Å². The van der Waals surface area contributed by atoms with Gasteiger partial charge in [-0.2, -0.15) is 0 Å². The Labute approximate surface area is 141 Å². The molecule has 0 bridgehead atoms. The van der Waals surface area contributed by atoms with Gasteiger partial charge in [-0.25, -0.2) is 0 Å². The van der Waals surface area contributed by atoms with E-state index in [9.17, 15) is 4.79 Å². The third-order valence-electron chi connectivity index (χ3n) is 2.56. The minimum Gasteiger partial charge on any atom is -0.398 e. The lowest BCUT2D eigenvalue weighted by molar-refractivity contribution is -0.113. The van der Waals surface area contributed by atoms with Crippen LogP contribution in [0.25, 0.3) is 0 Å². The number of nitrogen functional groups attached to an aromatic ring is 1. The summed E-state index contributed by atoms with van der Waals surface area (Å²) in [5, 5.41) is 3.70. The number of thioether (sulfide) groups is 1. The van der Waals surface area contributed by atoms with E-state index in [-0.39, 0.29) is 11.7 Å². The molecule has 0 saturated heterocycles. The van der Waals surface area contributed by atoms with Crippen molar-refractivity contribution in [1.82, 2.24) is 0 Å². The first-order valence-corrected chi connectivity index (χ1v) is 8.01. The number of benzene rings is 2. The molecule has 0 aliphatic rings. The molecule has 2 aromatic carbocycles. The zero-order valence-electron chi connectivity index (χ0n) is 10.7. The van der Waals surface area contributed by atoms with Crippen molar-refractivity contribution >= 4 is 63.8 Å². The molecule has 0 fully saturated rings. The summed E-state index contributed by atoms with van der Waals surface area (Å²) in [6, 6.07) is 10.4. The summed E-state index contributed by atoms with van der Waals surface area (Å²) >= 11 is 19.1. The predicted octanol–water partition coefficient (Wildman–Crippen LogP) is 4.96. The van der Waals surface area contributed by atoms with Crippen molar-refractivity contribution in [3.8, 4) is 0 Å². The van der Waals surface area contributed by atoms with E-state index in [1.165, 1.54) is 23.9 Å². The Morgan fingerprint density at radius 3 is 2.48 bits per heavy atom. The van der Waals surface area contributed by atoms with E-state index >= 15 is 0 Å². The monoisotopic (exact) mass is 360 g/mol. The molecule has 0 aromatic heterocycles. The minimum atomic E-state index is -0.205. The molecule has 0 unspecified atom stereocenters. The Morgan fingerprint density at radius 2 is 1.76 bits per heavy atom. The maximum Gasteiger partial charge on any atom is 0.234 e. The van der Waals surface area contributed by atoms with E-state index < -0.39 is 0 Å². The van der Waals surface area contributed by atoms with Gasteiger partial charge in [0, 0.05) is 10.6 Å². The highest BCUT2D eigenvalue weighted by Gasteiger charge is 2.10. The summed E-state index contributed by atoms with van der Waals surface area (Å²) in [6.45, 7) is 0. The molecule has 2 aromatic rings. The zero-order chi connectivity index (χ0) is 15.4. The summed E-state index contributed by atoms with van der Waals surface area (Å²) in [7, 11) is 0. The number of rotatable bonds is 4. The molecule has 0 atom stereocenters. The van der Waals surface area contributed by atoms with Crippen LogP contribution in [0, 0.1) is 0 Å². The number of hydrogen-bond donors (Lipinski definition) is 2. The Balaban J connectivity index is 1.99. The van der Waals surface area contributed by atoms with E-state index in [4.69, 9.17) is 40.5 Å². The first-order chi connectivity index (χ1) is 9.97. The maximum absolute atomic E-state index is 11.9. The molecule has 0 spiro atoms. The van der Waals surface area contributed by atoms with Gasteiger partial charge in [-0.1, -0.05) is 46.9 Å². The van der Waals surface area contributed by atoms with E-state index in [0.717, 1.165) is 4.90 Å².